The number of ether oxygens (including phenoxy) is 3. The van der Waals surface area contributed by atoms with E-state index in [9.17, 15) is 0 Å². The van der Waals surface area contributed by atoms with Crippen LogP contribution >= 0.6 is 0 Å². The molecule has 3 aromatic rings. The Bertz CT molecular complexity index is 1000. The van der Waals surface area contributed by atoms with Gasteiger partial charge < -0.3 is 18.7 Å². The Kier molecular flexibility index (Phi) is 5.90. The largest absolute Gasteiger partial charge is 0.493 e. The molecule has 158 valence electrons. The first-order chi connectivity index (χ1) is 14.6. The van der Waals surface area contributed by atoms with Crippen LogP contribution in [0.2, 0.25) is 0 Å². The molecule has 0 spiro atoms. The smallest absolute Gasteiger partial charge is 0.231 e. The highest BCUT2D eigenvalue weighted by Gasteiger charge is 2.29. The average molecular weight is 409 g/mol. The minimum Gasteiger partial charge on any atom is -0.493 e. The SMILES string of the molecule is COc1ccc(CN2CCC(c3nc(-c4ccc(C)cc4)no3)C2)c(OC)c1OC. The monoisotopic (exact) mass is 409 g/mol. The highest BCUT2D eigenvalue weighted by Crippen LogP contribution is 2.41. The molecule has 0 aliphatic carbocycles. The summed E-state index contributed by atoms with van der Waals surface area (Å²) in [5, 5.41) is 4.18. The normalized spacial score (nSPS) is 16.6. The molecule has 0 bridgehead atoms. The second-order valence-electron chi connectivity index (χ2n) is 7.54. The molecule has 1 fully saturated rings. The second-order valence-corrected chi connectivity index (χ2v) is 7.54. The van der Waals surface area contributed by atoms with Gasteiger partial charge in [0.05, 0.1) is 27.2 Å². The van der Waals surface area contributed by atoms with Crippen molar-refractivity contribution >= 4 is 0 Å². The van der Waals surface area contributed by atoms with Crippen molar-refractivity contribution in [3.05, 3.63) is 53.4 Å². The number of hydrogen-bond donors (Lipinski definition) is 0. The molecule has 1 atom stereocenters. The van der Waals surface area contributed by atoms with Gasteiger partial charge in [0.25, 0.3) is 0 Å². The van der Waals surface area contributed by atoms with Crippen molar-refractivity contribution < 1.29 is 18.7 Å². The van der Waals surface area contributed by atoms with Crippen LogP contribution in [0.4, 0.5) is 0 Å². The summed E-state index contributed by atoms with van der Waals surface area (Å²) in [5.41, 5.74) is 3.24. The molecule has 1 unspecified atom stereocenters. The zero-order valence-electron chi connectivity index (χ0n) is 17.8. The number of rotatable bonds is 7. The Hall–Kier alpha value is -3.06. The van der Waals surface area contributed by atoms with Gasteiger partial charge in [-0.2, -0.15) is 4.98 Å². The maximum absolute atomic E-state index is 5.62. The lowest BCUT2D eigenvalue weighted by Crippen LogP contribution is -2.20. The van der Waals surface area contributed by atoms with E-state index in [0.717, 1.165) is 37.2 Å². The van der Waals surface area contributed by atoms with Crippen molar-refractivity contribution in [2.24, 2.45) is 0 Å². The molecule has 7 heteroatoms. The Labute approximate surface area is 176 Å². The number of methoxy groups -OCH3 is 3. The van der Waals surface area contributed by atoms with Gasteiger partial charge in [-0.25, -0.2) is 0 Å². The molecule has 2 heterocycles. The van der Waals surface area contributed by atoms with E-state index >= 15 is 0 Å². The summed E-state index contributed by atoms with van der Waals surface area (Å²) in [6.45, 7) is 4.61. The fraction of sp³-hybridized carbons (Fsp3) is 0.391. The highest BCUT2D eigenvalue weighted by molar-refractivity contribution is 5.56. The third-order valence-corrected chi connectivity index (χ3v) is 5.55. The van der Waals surface area contributed by atoms with Crippen LogP contribution in [0.3, 0.4) is 0 Å². The molecule has 30 heavy (non-hydrogen) atoms. The number of aryl methyl sites for hydroxylation is 1. The molecule has 0 radical (unpaired) electrons. The van der Waals surface area contributed by atoms with Crippen molar-refractivity contribution in [3.8, 4) is 28.6 Å². The van der Waals surface area contributed by atoms with Crippen molar-refractivity contribution in [2.45, 2.75) is 25.8 Å². The van der Waals surface area contributed by atoms with Gasteiger partial charge in [-0.05, 0) is 26.0 Å². The standard InChI is InChI=1S/C23H27N3O4/c1-15-5-7-16(8-6-15)22-24-23(30-25-22)18-11-12-26(14-18)13-17-9-10-19(27-2)21(29-4)20(17)28-3/h5-10,18H,11-14H2,1-4H3. The van der Waals surface area contributed by atoms with Gasteiger partial charge in [0.15, 0.2) is 11.5 Å². The van der Waals surface area contributed by atoms with E-state index < -0.39 is 0 Å². The molecule has 1 aromatic heterocycles. The summed E-state index contributed by atoms with van der Waals surface area (Å²) in [5.74, 6) is 3.56. The van der Waals surface area contributed by atoms with Crippen molar-refractivity contribution in [1.82, 2.24) is 15.0 Å². The van der Waals surface area contributed by atoms with Crippen molar-refractivity contribution in [1.29, 1.82) is 0 Å². The molecule has 4 rings (SSSR count). The summed E-state index contributed by atoms with van der Waals surface area (Å²) < 4.78 is 22.1. The third-order valence-electron chi connectivity index (χ3n) is 5.55. The number of benzene rings is 2. The third kappa shape index (κ3) is 3.98. The van der Waals surface area contributed by atoms with E-state index in [2.05, 4.69) is 34.1 Å². The molecule has 1 aliphatic heterocycles. The Morgan fingerprint density at radius 3 is 2.47 bits per heavy atom. The summed E-state index contributed by atoms with van der Waals surface area (Å²) in [6.07, 6.45) is 0.977. The van der Waals surface area contributed by atoms with Crippen LogP contribution in [0.1, 0.15) is 29.4 Å². The van der Waals surface area contributed by atoms with Crippen LogP contribution < -0.4 is 14.2 Å². The summed E-state index contributed by atoms with van der Waals surface area (Å²) in [4.78, 5) is 7.02. The summed E-state index contributed by atoms with van der Waals surface area (Å²) in [6, 6.07) is 12.1. The Balaban J connectivity index is 1.46. The average Bonchev–Trinajstić information content (AvgIpc) is 3.43. The van der Waals surface area contributed by atoms with E-state index in [1.807, 2.05) is 24.3 Å². The van der Waals surface area contributed by atoms with Gasteiger partial charge in [0, 0.05) is 24.2 Å². The summed E-state index contributed by atoms with van der Waals surface area (Å²) >= 11 is 0. The van der Waals surface area contributed by atoms with E-state index in [1.165, 1.54) is 5.56 Å². The van der Waals surface area contributed by atoms with Gasteiger partial charge >= 0.3 is 0 Å². The van der Waals surface area contributed by atoms with E-state index in [-0.39, 0.29) is 5.92 Å². The van der Waals surface area contributed by atoms with Crippen molar-refractivity contribution in [2.75, 3.05) is 34.4 Å². The molecule has 1 saturated heterocycles. The molecule has 0 N–H and O–H groups in total. The first-order valence-electron chi connectivity index (χ1n) is 10.0. The van der Waals surface area contributed by atoms with Crippen LogP contribution in [-0.4, -0.2) is 49.5 Å². The Morgan fingerprint density at radius 2 is 1.77 bits per heavy atom. The number of nitrogens with zero attached hydrogens (tertiary/aromatic N) is 3. The molecular formula is C23H27N3O4. The zero-order valence-corrected chi connectivity index (χ0v) is 17.8. The van der Waals surface area contributed by atoms with Gasteiger partial charge in [-0.3, -0.25) is 4.90 Å². The lowest BCUT2D eigenvalue weighted by atomic mass is 10.1. The minimum absolute atomic E-state index is 0.225. The maximum Gasteiger partial charge on any atom is 0.231 e. The molecule has 7 nitrogen and oxygen atoms in total. The van der Waals surface area contributed by atoms with E-state index in [0.29, 0.717) is 29.0 Å². The quantitative estimate of drug-likeness (QED) is 0.583. The summed E-state index contributed by atoms with van der Waals surface area (Å²) in [7, 11) is 4.90. The fourth-order valence-electron chi connectivity index (χ4n) is 3.93. The van der Waals surface area contributed by atoms with Crippen LogP contribution in [0, 0.1) is 6.92 Å². The first-order valence-corrected chi connectivity index (χ1v) is 10.0. The predicted octanol–water partition coefficient (Wildman–Crippen LogP) is 4.06. The molecule has 0 saturated carbocycles. The minimum atomic E-state index is 0.225. The van der Waals surface area contributed by atoms with Crippen LogP contribution in [0.25, 0.3) is 11.4 Å². The number of likely N-dealkylation sites (tertiary alicyclic amines) is 1. The Morgan fingerprint density at radius 1 is 1.00 bits per heavy atom. The van der Waals surface area contributed by atoms with Gasteiger partial charge in [0.2, 0.25) is 17.5 Å². The van der Waals surface area contributed by atoms with Crippen LogP contribution in [0.5, 0.6) is 17.2 Å². The molecular weight excluding hydrogens is 382 g/mol. The van der Waals surface area contributed by atoms with E-state index in [1.54, 1.807) is 21.3 Å². The number of aromatic nitrogens is 2. The predicted molar refractivity (Wildman–Crippen MR) is 113 cm³/mol. The maximum atomic E-state index is 5.62. The molecule has 1 aliphatic rings. The van der Waals surface area contributed by atoms with E-state index in [4.69, 9.17) is 18.7 Å². The first kappa shape index (κ1) is 20.2. The highest BCUT2D eigenvalue weighted by atomic mass is 16.5. The lowest BCUT2D eigenvalue weighted by molar-refractivity contribution is 0.293. The topological polar surface area (TPSA) is 69.9 Å². The molecule has 0 amide bonds. The van der Waals surface area contributed by atoms with Gasteiger partial charge in [-0.1, -0.05) is 41.1 Å². The number of hydrogen-bond acceptors (Lipinski definition) is 7. The second kappa shape index (κ2) is 8.75. The van der Waals surface area contributed by atoms with Gasteiger partial charge in [0.1, 0.15) is 0 Å². The fourth-order valence-corrected chi connectivity index (χ4v) is 3.93. The van der Waals surface area contributed by atoms with Crippen LogP contribution in [0.15, 0.2) is 40.9 Å². The van der Waals surface area contributed by atoms with Crippen molar-refractivity contribution in [3.63, 3.8) is 0 Å². The lowest BCUT2D eigenvalue weighted by Gasteiger charge is -2.20. The van der Waals surface area contributed by atoms with Gasteiger partial charge in [-0.15, -0.1) is 0 Å². The molecule has 2 aromatic carbocycles. The van der Waals surface area contributed by atoms with Crippen LogP contribution in [-0.2, 0) is 6.54 Å². The zero-order chi connectivity index (χ0) is 21.1.